The second-order valence-corrected chi connectivity index (χ2v) is 4.51. The number of para-hydroxylation sites is 1. The van der Waals surface area contributed by atoms with Crippen molar-refractivity contribution in [3.8, 4) is 5.75 Å². The van der Waals surface area contributed by atoms with Gasteiger partial charge in [0.15, 0.2) is 0 Å². The zero-order valence-corrected chi connectivity index (χ0v) is 10.4. The summed E-state index contributed by atoms with van der Waals surface area (Å²) in [5, 5.41) is 12.8. The van der Waals surface area contributed by atoms with E-state index in [0.29, 0.717) is 6.54 Å². The minimum Gasteiger partial charge on any atom is -0.507 e. The molecule has 0 radical (unpaired) electrons. The molecule has 18 heavy (non-hydrogen) atoms. The summed E-state index contributed by atoms with van der Waals surface area (Å²) in [7, 11) is 1.48. The lowest BCUT2D eigenvalue weighted by molar-refractivity contribution is -0.137. The molecule has 0 bridgehead atoms. The number of rotatable bonds is 3. The molecule has 1 aliphatic heterocycles. The van der Waals surface area contributed by atoms with Gasteiger partial charge in [-0.15, -0.1) is 0 Å². The number of carbonyl (C=O) groups excluding carboxylic acids is 2. The number of hydrogen-bond donors (Lipinski definition) is 2. The summed E-state index contributed by atoms with van der Waals surface area (Å²) in [5.41, 5.74) is 1.52. The first-order valence-electron chi connectivity index (χ1n) is 5.82. The number of likely N-dealkylation sites (tertiary alicyclic amines) is 1. The van der Waals surface area contributed by atoms with E-state index in [2.05, 4.69) is 5.32 Å². The zero-order chi connectivity index (χ0) is 13.3. The highest BCUT2D eigenvalue weighted by Crippen LogP contribution is 2.21. The number of phenolic OH excluding ortho intramolecular Hbond substituents is 1. The number of carbonyl (C=O) groups is 2. The van der Waals surface area contributed by atoms with Crippen LogP contribution in [-0.2, 0) is 16.1 Å². The van der Waals surface area contributed by atoms with Crippen molar-refractivity contribution in [3.63, 3.8) is 0 Å². The summed E-state index contributed by atoms with van der Waals surface area (Å²) in [6, 6.07) is 4.97. The minimum absolute atomic E-state index is 0.175. The van der Waals surface area contributed by atoms with E-state index >= 15 is 0 Å². The molecule has 0 saturated carbocycles. The second kappa shape index (κ2) is 4.78. The zero-order valence-electron chi connectivity index (χ0n) is 10.4. The normalized spacial score (nSPS) is 19.7. The number of hydrogen-bond acceptors (Lipinski definition) is 4. The van der Waals surface area contributed by atoms with Gasteiger partial charge in [0.2, 0.25) is 11.8 Å². The van der Waals surface area contributed by atoms with Crippen LogP contribution in [0.2, 0.25) is 0 Å². The van der Waals surface area contributed by atoms with Crippen LogP contribution in [-0.4, -0.2) is 34.9 Å². The molecule has 0 aliphatic carbocycles. The Bertz CT molecular complexity index is 499. The molecule has 2 N–H and O–H groups in total. The molecular formula is C13H16N2O3. The Labute approximate surface area is 105 Å². The van der Waals surface area contributed by atoms with Gasteiger partial charge < -0.3 is 10.4 Å². The van der Waals surface area contributed by atoms with E-state index < -0.39 is 6.04 Å². The Balaban J connectivity index is 2.03. The molecule has 0 spiro atoms. The van der Waals surface area contributed by atoms with Gasteiger partial charge >= 0.3 is 0 Å². The molecule has 2 rings (SSSR count). The monoisotopic (exact) mass is 248 g/mol. The van der Waals surface area contributed by atoms with Gasteiger partial charge in [0.25, 0.3) is 0 Å². The van der Waals surface area contributed by atoms with E-state index in [0.717, 1.165) is 16.0 Å². The van der Waals surface area contributed by atoms with Crippen LogP contribution >= 0.6 is 0 Å². The third-order valence-corrected chi connectivity index (χ3v) is 3.24. The van der Waals surface area contributed by atoms with Crippen molar-refractivity contribution < 1.29 is 14.7 Å². The number of phenols is 1. The van der Waals surface area contributed by atoms with Crippen LogP contribution in [0.1, 0.15) is 17.5 Å². The molecule has 5 heteroatoms. The van der Waals surface area contributed by atoms with Crippen molar-refractivity contribution in [3.05, 3.63) is 29.3 Å². The lowest BCUT2D eigenvalue weighted by Gasteiger charge is -2.12. The van der Waals surface area contributed by atoms with Crippen LogP contribution in [0.3, 0.4) is 0 Å². The lowest BCUT2D eigenvalue weighted by atomic mass is 10.1. The molecular weight excluding hydrogens is 232 g/mol. The molecule has 1 aromatic carbocycles. The molecule has 1 aromatic rings. The number of likely N-dealkylation sites (N-methyl/N-ethyl adjacent to an activating group) is 1. The Morgan fingerprint density at radius 1 is 1.44 bits per heavy atom. The summed E-state index contributed by atoms with van der Waals surface area (Å²) in [6.45, 7) is 2.18. The second-order valence-electron chi connectivity index (χ2n) is 4.51. The predicted molar refractivity (Wildman–Crippen MR) is 65.9 cm³/mol. The first-order chi connectivity index (χ1) is 8.50. The molecule has 1 unspecified atom stereocenters. The summed E-state index contributed by atoms with van der Waals surface area (Å²) in [5.74, 6) is -0.159. The van der Waals surface area contributed by atoms with Crippen molar-refractivity contribution >= 4 is 11.8 Å². The first kappa shape index (κ1) is 12.6. The molecule has 1 atom stereocenters. The molecule has 1 fully saturated rings. The highest BCUT2D eigenvalue weighted by Gasteiger charge is 2.35. The van der Waals surface area contributed by atoms with E-state index in [1.54, 1.807) is 6.07 Å². The molecule has 2 amide bonds. The maximum absolute atomic E-state index is 11.7. The SMILES string of the molecule is Cc1cccc(CNC2CC(=O)N(C)C2=O)c1O. The number of imide groups is 1. The van der Waals surface area contributed by atoms with Gasteiger partial charge in [-0.2, -0.15) is 0 Å². The molecule has 5 nitrogen and oxygen atoms in total. The largest absolute Gasteiger partial charge is 0.507 e. The van der Waals surface area contributed by atoms with Crippen LogP contribution in [0, 0.1) is 6.92 Å². The van der Waals surface area contributed by atoms with Gasteiger partial charge in [-0.1, -0.05) is 18.2 Å². The topological polar surface area (TPSA) is 69.6 Å². The van der Waals surface area contributed by atoms with E-state index in [1.165, 1.54) is 7.05 Å². The van der Waals surface area contributed by atoms with E-state index in [4.69, 9.17) is 0 Å². The smallest absolute Gasteiger partial charge is 0.246 e. The highest BCUT2D eigenvalue weighted by atomic mass is 16.3. The summed E-state index contributed by atoms with van der Waals surface area (Å²) >= 11 is 0. The quantitative estimate of drug-likeness (QED) is 0.766. The number of nitrogens with one attached hydrogen (secondary N) is 1. The van der Waals surface area contributed by atoms with Gasteiger partial charge in [-0.3, -0.25) is 14.5 Å². The highest BCUT2D eigenvalue weighted by molar-refractivity contribution is 6.05. The third kappa shape index (κ3) is 2.22. The predicted octanol–water partition coefficient (Wildman–Crippen LogP) is 0.548. The van der Waals surface area contributed by atoms with Gasteiger partial charge in [0.1, 0.15) is 5.75 Å². The molecule has 1 aliphatic rings. The van der Waals surface area contributed by atoms with E-state index in [9.17, 15) is 14.7 Å². The van der Waals surface area contributed by atoms with Gasteiger partial charge in [0.05, 0.1) is 12.5 Å². The maximum atomic E-state index is 11.7. The fourth-order valence-corrected chi connectivity index (χ4v) is 2.01. The van der Waals surface area contributed by atoms with Crippen molar-refractivity contribution in [2.75, 3.05) is 7.05 Å². The minimum atomic E-state index is -0.484. The molecule has 1 heterocycles. The Kier molecular flexibility index (Phi) is 3.34. The number of benzene rings is 1. The summed E-state index contributed by atoms with van der Waals surface area (Å²) < 4.78 is 0. The van der Waals surface area contributed by atoms with Gasteiger partial charge in [0, 0.05) is 19.2 Å². The van der Waals surface area contributed by atoms with Crippen molar-refractivity contribution in [1.29, 1.82) is 0 Å². The third-order valence-electron chi connectivity index (χ3n) is 3.24. The average Bonchev–Trinajstić information content (AvgIpc) is 2.59. The van der Waals surface area contributed by atoms with Crippen LogP contribution in [0.4, 0.5) is 0 Å². The fourth-order valence-electron chi connectivity index (χ4n) is 2.01. The fraction of sp³-hybridized carbons (Fsp3) is 0.385. The van der Waals surface area contributed by atoms with Crippen molar-refractivity contribution in [1.82, 2.24) is 10.2 Å². The maximum Gasteiger partial charge on any atom is 0.246 e. The standard InChI is InChI=1S/C13H16N2O3/c1-8-4-3-5-9(12(8)17)7-14-10-6-11(16)15(2)13(10)18/h3-5,10,14,17H,6-7H2,1-2H3. The van der Waals surface area contributed by atoms with Crippen LogP contribution < -0.4 is 5.32 Å². The van der Waals surface area contributed by atoms with Crippen molar-refractivity contribution in [2.24, 2.45) is 0 Å². The Morgan fingerprint density at radius 2 is 2.17 bits per heavy atom. The molecule has 0 aromatic heterocycles. The Morgan fingerprint density at radius 3 is 2.78 bits per heavy atom. The van der Waals surface area contributed by atoms with Gasteiger partial charge in [-0.05, 0) is 12.5 Å². The molecule has 1 saturated heterocycles. The van der Waals surface area contributed by atoms with E-state index in [1.807, 2.05) is 19.1 Å². The van der Waals surface area contributed by atoms with Crippen LogP contribution in [0.25, 0.3) is 0 Å². The summed E-state index contributed by atoms with van der Waals surface area (Å²) in [6.07, 6.45) is 0.182. The summed E-state index contributed by atoms with van der Waals surface area (Å²) in [4.78, 5) is 24.1. The molecule has 96 valence electrons. The van der Waals surface area contributed by atoms with Crippen LogP contribution in [0.15, 0.2) is 18.2 Å². The number of nitrogens with zero attached hydrogens (tertiary/aromatic N) is 1. The Hall–Kier alpha value is -1.88. The number of aryl methyl sites for hydroxylation is 1. The number of amides is 2. The lowest BCUT2D eigenvalue weighted by Crippen LogP contribution is -2.36. The number of aromatic hydroxyl groups is 1. The van der Waals surface area contributed by atoms with Gasteiger partial charge in [-0.25, -0.2) is 0 Å². The van der Waals surface area contributed by atoms with Crippen molar-refractivity contribution in [2.45, 2.75) is 25.9 Å². The van der Waals surface area contributed by atoms with Crippen LogP contribution in [0.5, 0.6) is 5.75 Å². The first-order valence-corrected chi connectivity index (χ1v) is 5.82. The average molecular weight is 248 g/mol. The van der Waals surface area contributed by atoms with E-state index in [-0.39, 0.29) is 24.0 Å².